The lowest BCUT2D eigenvalue weighted by atomic mass is 10.2. The molecular weight excluding hydrogens is 346 g/mol. The molecule has 0 aliphatic carbocycles. The molecule has 0 aliphatic rings. The zero-order valence-corrected chi connectivity index (χ0v) is 13.8. The fourth-order valence-electron chi connectivity index (χ4n) is 1.74. The summed E-state index contributed by atoms with van der Waals surface area (Å²) in [4.78, 5) is 16.0. The van der Waals surface area contributed by atoms with Gasteiger partial charge >= 0.3 is 0 Å². The molecule has 3 N–H and O–H groups in total. The minimum atomic E-state index is -0.165. The highest BCUT2D eigenvalue weighted by atomic mass is 79.9. The van der Waals surface area contributed by atoms with Gasteiger partial charge in [-0.3, -0.25) is 4.79 Å². The number of halogens is 1. The lowest BCUT2D eigenvalue weighted by Gasteiger charge is -2.08. The number of nitrogens with one attached hydrogen (secondary N) is 1. The van der Waals surface area contributed by atoms with Crippen molar-refractivity contribution in [3.8, 4) is 11.6 Å². The van der Waals surface area contributed by atoms with Crippen LogP contribution in [0.15, 0.2) is 47.1 Å². The molecule has 22 heavy (non-hydrogen) atoms. The molecule has 0 fully saturated rings. The molecule has 116 valence electrons. The summed E-state index contributed by atoms with van der Waals surface area (Å²) < 4.78 is 6.54. The molecule has 0 spiro atoms. The highest BCUT2D eigenvalue weighted by Crippen LogP contribution is 2.22. The van der Waals surface area contributed by atoms with Crippen LogP contribution < -0.4 is 15.8 Å². The van der Waals surface area contributed by atoms with E-state index in [1.165, 1.54) is 6.20 Å². The Labute approximate surface area is 138 Å². The Balaban J connectivity index is 1.93. The third-order valence-corrected chi connectivity index (χ3v) is 3.40. The number of aromatic nitrogens is 1. The number of rotatable bonds is 6. The first-order chi connectivity index (χ1) is 10.5. The van der Waals surface area contributed by atoms with Crippen LogP contribution in [0, 0.1) is 0 Å². The number of ether oxygens (including phenoxy) is 1. The summed E-state index contributed by atoms with van der Waals surface area (Å²) in [6.45, 7) is 2.45. The number of nitrogens with two attached hydrogens (primary N) is 1. The molecule has 0 radical (unpaired) electrons. The number of amides is 1. The average molecular weight is 364 g/mol. The van der Waals surface area contributed by atoms with E-state index in [1.807, 2.05) is 31.2 Å². The quantitative estimate of drug-likeness (QED) is 0.826. The van der Waals surface area contributed by atoms with E-state index in [4.69, 9.17) is 10.5 Å². The van der Waals surface area contributed by atoms with Crippen molar-refractivity contribution in [1.29, 1.82) is 0 Å². The summed E-state index contributed by atoms with van der Waals surface area (Å²) in [6.07, 6.45) is 2.23. The van der Waals surface area contributed by atoms with Gasteiger partial charge in [-0.2, -0.15) is 0 Å². The van der Waals surface area contributed by atoms with E-state index in [0.29, 0.717) is 23.7 Å². The van der Waals surface area contributed by atoms with Crippen LogP contribution in [-0.4, -0.2) is 23.5 Å². The van der Waals surface area contributed by atoms with Crippen LogP contribution in [-0.2, 0) is 0 Å². The molecule has 6 heteroatoms. The minimum absolute atomic E-state index is 0.0689. The number of carbonyl (C=O) groups excluding carboxylic acids is 1. The maximum atomic E-state index is 11.9. The second-order valence-electron chi connectivity index (χ2n) is 4.97. The van der Waals surface area contributed by atoms with Crippen LogP contribution in [0.2, 0.25) is 0 Å². The van der Waals surface area contributed by atoms with Gasteiger partial charge in [0.15, 0.2) is 0 Å². The van der Waals surface area contributed by atoms with Crippen molar-refractivity contribution >= 4 is 21.8 Å². The Morgan fingerprint density at radius 2 is 2.23 bits per heavy atom. The standard InChI is InChI=1S/C16H18BrN3O2/c1-11(18)7-8-19-16(21)12-5-6-15(20-10-12)22-14-4-2-3-13(17)9-14/h2-6,9-11H,7-8,18H2,1H3,(H,19,21). The SMILES string of the molecule is CC(N)CCNC(=O)c1ccc(Oc2cccc(Br)c2)nc1. The van der Waals surface area contributed by atoms with Gasteiger partial charge in [0.05, 0.1) is 5.56 Å². The lowest BCUT2D eigenvalue weighted by Crippen LogP contribution is -2.28. The summed E-state index contributed by atoms with van der Waals surface area (Å²) in [5.41, 5.74) is 6.13. The summed E-state index contributed by atoms with van der Waals surface area (Å²) in [7, 11) is 0. The molecule has 1 amide bonds. The highest BCUT2D eigenvalue weighted by molar-refractivity contribution is 9.10. The molecule has 0 aliphatic heterocycles. The first-order valence-corrected chi connectivity index (χ1v) is 7.77. The molecule has 1 unspecified atom stereocenters. The van der Waals surface area contributed by atoms with Gasteiger partial charge in [0.1, 0.15) is 5.75 Å². The predicted octanol–water partition coefficient (Wildman–Crippen LogP) is 3.10. The predicted molar refractivity (Wildman–Crippen MR) is 89.1 cm³/mol. The van der Waals surface area contributed by atoms with Crippen LogP contribution in [0.3, 0.4) is 0 Å². The lowest BCUT2D eigenvalue weighted by molar-refractivity contribution is 0.0952. The zero-order valence-electron chi connectivity index (χ0n) is 12.3. The topological polar surface area (TPSA) is 77.2 Å². The van der Waals surface area contributed by atoms with Gasteiger partial charge in [-0.25, -0.2) is 4.98 Å². The highest BCUT2D eigenvalue weighted by Gasteiger charge is 2.07. The molecule has 0 saturated heterocycles. The molecule has 1 heterocycles. The summed E-state index contributed by atoms with van der Waals surface area (Å²) in [5, 5.41) is 2.80. The monoisotopic (exact) mass is 363 g/mol. The van der Waals surface area contributed by atoms with E-state index < -0.39 is 0 Å². The second kappa shape index (κ2) is 7.91. The van der Waals surface area contributed by atoms with Crippen LogP contribution in [0.25, 0.3) is 0 Å². The van der Waals surface area contributed by atoms with E-state index in [9.17, 15) is 4.79 Å². The molecule has 1 aromatic carbocycles. The molecule has 2 aromatic rings. The maximum Gasteiger partial charge on any atom is 0.252 e. The van der Waals surface area contributed by atoms with Gasteiger partial charge in [-0.1, -0.05) is 22.0 Å². The third-order valence-electron chi connectivity index (χ3n) is 2.90. The Morgan fingerprint density at radius 1 is 1.41 bits per heavy atom. The van der Waals surface area contributed by atoms with Crippen molar-refractivity contribution in [3.63, 3.8) is 0 Å². The van der Waals surface area contributed by atoms with Gasteiger partial charge in [0, 0.05) is 29.3 Å². The Morgan fingerprint density at radius 3 is 2.86 bits per heavy atom. The summed E-state index contributed by atoms with van der Waals surface area (Å²) in [6, 6.07) is 10.9. The largest absolute Gasteiger partial charge is 0.439 e. The van der Waals surface area contributed by atoms with Crippen molar-refractivity contribution < 1.29 is 9.53 Å². The Hall–Kier alpha value is -1.92. The first kappa shape index (κ1) is 16.5. The summed E-state index contributed by atoms with van der Waals surface area (Å²) >= 11 is 3.38. The van der Waals surface area contributed by atoms with Crippen molar-refractivity contribution in [2.45, 2.75) is 19.4 Å². The van der Waals surface area contributed by atoms with Gasteiger partial charge in [0.25, 0.3) is 5.91 Å². The van der Waals surface area contributed by atoms with Crippen LogP contribution in [0.5, 0.6) is 11.6 Å². The van der Waals surface area contributed by atoms with E-state index in [-0.39, 0.29) is 11.9 Å². The van der Waals surface area contributed by atoms with E-state index in [1.54, 1.807) is 12.1 Å². The van der Waals surface area contributed by atoms with Gasteiger partial charge < -0.3 is 15.8 Å². The molecule has 2 rings (SSSR count). The van der Waals surface area contributed by atoms with Crippen molar-refractivity contribution in [2.24, 2.45) is 5.73 Å². The Kier molecular flexibility index (Phi) is 5.91. The number of pyridine rings is 1. The molecule has 5 nitrogen and oxygen atoms in total. The molecule has 0 bridgehead atoms. The molecule has 1 atom stereocenters. The smallest absolute Gasteiger partial charge is 0.252 e. The average Bonchev–Trinajstić information content (AvgIpc) is 2.47. The van der Waals surface area contributed by atoms with Crippen molar-refractivity contribution in [3.05, 3.63) is 52.6 Å². The van der Waals surface area contributed by atoms with Crippen molar-refractivity contribution in [2.75, 3.05) is 6.54 Å². The zero-order chi connectivity index (χ0) is 15.9. The van der Waals surface area contributed by atoms with Crippen molar-refractivity contribution in [1.82, 2.24) is 10.3 Å². The summed E-state index contributed by atoms with van der Waals surface area (Å²) in [5.74, 6) is 0.948. The van der Waals surface area contributed by atoms with Crippen LogP contribution in [0.1, 0.15) is 23.7 Å². The number of nitrogens with zero attached hydrogens (tertiary/aromatic N) is 1. The van der Waals surface area contributed by atoms with Gasteiger partial charge in [-0.05, 0) is 37.6 Å². The first-order valence-electron chi connectivity index (χ1n) is 6.98. The normalized spacial score (nSPS) is 11.8. The fourth-order valence-corrected chi connectivity index (χ4v) is 2.12. The maximum absolute atomic E-state index is 11.9. The van der Waals surface area contributed by atoms with Gasteiger partial charge in [0.2, 0.25) is 5.88 Å². The third kappa shape index (κ3) is 5.13. The van der Waals surface area contributed by atoms with E-state index >= 15 is 0 Å². The minimum Gasteiger partial charge on any atom is -0.439 e. The number of carbonyl (C=O) groups is 1. The van der Waals surface area contributed by atoms with Gasteiger partial charge in [-0.15, -0.1) is 0 Å². The number of benzene rings is 1. The van der Waals surface area contributed by atoms with Crippen LogP contribution >= 0.6 is 15.9 Å². The number of hydrogen-bond donors (Lipinski definition) is 2. The van der Waals surface area contributed by atoms with Crippen LogP contribution in [0.4, 0.5) is 0 Å². The molecule has 1 aromatic heterocycles. The van der Waals surface area contributed by atoms with E-state index in [2.05, 4.69) is 26.2 Å². The molecule has 0 saturated carbocycles. The van der Waals surface area contributed by atoms with E-state index in [0.717, 1.165) is 10.9 Å². The second-order valence-corrected chi connectivity index (χ2v) is 5.88. The molecular formula is C16H18BrN3O2. The number of hydrogen-bond acceptors (Lipinski definition) is 4. The fraction of sp³-hybridized carbons (Fsp3) is 0.250. The Bertz CT molecular complexity index is 630.